The molecule has 0 radical (unpaired) electrons. The van der Waals surface area contributed by atoms with E-state index in [0.29, 0.717) is 24.3 Å². The van der Waals surface area contributed by atoms with Crippen LogP contribution in [0.3, 0.4) is 0 Å². The van der Waals surface area contributed by atoms with Crippen LogP contribution in [-0.4, -0.2) is 53.8 Å². The van der Waals surface area contributed by atoms with Crippen molar-refractivity contribution < 1.29 is 9.59 Å². The van der Waals surface area contributed by atoms with Crippen LogP contribution < -0.4 is 15.5 Å². The number of rotatable bonds is 9. The first-order valence-electron chi connectivity index (χ1n) is 11.9. The number of nitrogens with one attached hydrogen (secondary N) is 2. The average Bonchev–Trinajstić information content (AvgIpc) is 2.91. The average molecular weight is 490 g/mol. The second kappa shape index (κ2) is 12.4. The molecule has 4 rings (SSSR count). The smallest absolute Gasteiger partial charge is 0.326 e. The van der Waals surface area contributed by atoms with Crippen molar-refractivity contribution in [2.45, 2.75) is 24.9 Å². The number of anilines is 2. The van der Waals surface area contributed by atoms with Gasteiger partial charge in [-0.2, -0.15) is 0 Å². The molecule has 182 valence electrons. The van der Waals surface area contributed by atoms with Crippen molar-refractivity contribution in [3.05, 3.63) is 84.1 Å². The van der Waals surface area contributed by atoms with Crippen LogP contribution in [0.4, 0.5) is 16.2 Å². The lowest BCUT2D eigenvalue weighted by Gasteiger charge is -2.28. The van der Waals surface area contributed by atoms with Crippen LogP contribution in [-0.2, 0) is 6.54 Å². The molecular weight excluding hydrogens is 458 g/mol. The third-order valence-electron chi connectivity index (χ3n) is 5.87. The predicted octanol–water partition coefficient (Wildman–Crippen LogP) is 4.87. The number of aromatic nitrogens is 1. The van der Waals surface area contributed by atoms with Gasteiger partial charge < -0.3 is 10.6 Å². The number of benzene rings is 2. The highest BCUT2D eigenvalue weighted by molar-refractivity contribution is 7.99. The SMILES string of the molecule is CCN(CCCNC(=O)c1ccc(NC(=O)N2CCSc3ncccc32)cc1)Cc1ccccc1. The van der Waals surface area contributed by atoms with E-state index in [2.05, 4.69) is 51.7 Å². The minimum Gasteiger partial charge on any atom is -0.352 e. The number of amides is 3. The largest absolute Gasteiger partial charge is 0.352 e. The van der Waals surface area contributed by atoms with E-state index in [4.69, 9.17) is 0 Å². The number of hydrogen-bond acceptors (Lipinski definition) is 5. The quantitative estimate of drug-likeness (QED) is 0.420. The Morgan fingerprint density at radius 3 is 2.63 bits per heavy atom. The minimum atomic E-state index is -0.201. The molecule has 0 atom stereocenters. The Bertz CT molecular complexity index is 1120. The van der Waals surface area contributed by atoms with Gasteiger partial charge in [-0.25, -0.2) is 9.78 Å². The molecule has 8 heteroatoms. The fourth-order valence-corrected chi connectivity index (χ4v) is 4.89. The van der Waals surface area contributed by atoms with Crippen LogP contribution in [0.25, 0.3) is 0 Å². The van der Waals surface area contributed by atoms with Gasteiger partial charge in [0.05, 0.1) is 5.69 Å². The van der Waals surface area contributed by atoms with Crippen molar-refractivity contribution in [1.82, 2.24) is 15.2 Å². The summed E-state index contributed by atoms with van der Waals surface area (Å²) >= 11 is 1.65. The van der Waals surface area contributed by atoms with E-state index in [1.807, 2.05) is 18.2 Å². The first kappa shape index (κ1) is 24.8. The van der Waals surface area contributed by atoms with E-state index in [9.17, 15) is 9.59 Å². The number of pyridine rings is 1. The van der Waals surface area contributed by atoms with Gasteiger partial charge in [0.2, 0.25) is 0 Å². The Hall–Kier alpha value is -3.36. The monoisotopic (exact) mass is 489 g/mol. The summed E-state index contributed by atoms with van der Waals surface area (Å²) in [7, 11) is 0. The van der Waals surface area contributed by atoms with Gasteiger partial charge in [0.1, 0.15) is 5.03 Å². The number of hydrogen-bond donors (Lipinski definition) is 2. The summed E-state index contributed by atoms with van der Waals surface area (Å²) < 4.78 is 0. The van der Waals surface area contributed by atoms with Gasteiger partial charge in [0.15, 0.2) is 0 Å². The van der Waals surface area contributed by atoms with Gasteiger partial charge in [0, 0.05) is 49.4 Å². The molecule has 7 nitrogen and oxygen atoms in total. The van der Waals surface area contributed by atoms with Crippen LogP contribution >= 0.6 is 11.8 Å². The molecule has 0 unspecified atom stereocenters. The molecule has 3 aromatic rings. The van der Waals surface area contributed by atoms with Gasteiger partial charge in [-0.15, -0.1) is 11.8 Å². The number of fused-ring (bicyclic) bond motifs is 1. The first-order chi connectivity index (χ1) is 17.1. The maximum atomic E-state index is 12.8. The van der Waals surface area contributed by atoms with Crippen LogP contribution in [0.5, 0.6) is 0 Å². The zero-order valence-corrected chi connectivity index (χ0v) is 20.8. The van der Waals surface area contributed by atoms with Crippen molar-refractivity contribution in [2.24, 2.45) is 0 Å². The highest BCUT2D eigenvalue weighted by Gasteiger charge is 2.23. The lowest BCUT2D eigenvalue weighted by molar-refractivity contribution is 0.0951. The molecule has 0 aliphatic carbocycles. The minimum absolute atomic E-state index is 0.109. The lowest BCUT2D eigenvalue weighted by atomic mass is 10.2. The highest BCUT2D eigenvalue weighted by Crippen LogP contribution is 2.32. The molecule has 0 fully saturated rings. The Morgan fingerprint density at radius 2 is 1.86 bits per heavy atom. The van der Waals surface area contributed by atoms with Gasteiger partial charge >= 0.3 is 6.03 Å². The van der Waals surface area contributed by atoms with Crippen molar-refractivity contribution >= 4 is 35.1 Å². The molecular formula is C27H31N5O2S. The highest BCUT2D eigenvalue weighted by atomic mass is 32.2. The number of carbonyl (C=O) groups excluding carboxylic acids is 2. The fraction of sp³-hybridized carbons (Fsp3) is 0.296. The predicted molar refractivity (Wildman–Crippen MR) is 142 cm³/mol. The topological polar surface area (TPSA) is 77.6 Å². The van der Waals surface area contributed by atoms with E-state index in [0.717, 1.165) is 42.5 Å². The molecule has 0 saturated carbocycles. The molecule has 1 aliphatic heterocycles. The molecule has 2 heterocycles. The summed E-state index contributed by atoms with van der Waals surface area (Å²) in [6, 6.07) is 20.9. The van der Waals surface area contributed by atoms with Crippen molar-refractivity contribution in [1.29, 1.82) is 0 Å². The van der Waals surface area contributed by atoms with Crippen LogP contribution in [0.2, 0.25) is 0 Å². The summed E-state index contributed by atoms with van der Waals surface area (Å²) in [5.74, 6) is 0.695. The molecule has 3 amide bonds. The fourth-order valence-electron chi connectivity index (χ4n) is 3.96. The van der Waals surface area contributed by atoms with E-state index in [-0.39, 0.29) is 11.9 Å². The normalized spacial score (nSPS) is 12.8. The molecule has 1 aromatic heterocycles. The zero-order valence-electron chi connectivity index (χ0n) is 19.9. The molecule has 35 heavy (non-hydrogen) atoms. The summed E-state index contributed by atoms with van der Waals surface area (Å²) in [5.41, 5.74) is 3.34. The summed E-state index contributed by atoms with van der Waals surface area (Å²) in [6.07, 6.45) is 2.62. The van der Waals surface area contributed by atoms with Gasteiger partial charge in [-0.1, -0.05) is 37.3 Å². The van der Waals surface area contributed by atoms with E-state index in [1.54, 1.807) is 47.1 Å². The standard InChI is InChI=1S/C27H31N5O2S/c1-2-31(20-21-8-4-3-5-9-21)17-7-16-28-25(33)22-11-13-23(14-12-22)30-27(34)32-18-19-35-26-24(32)10-6-15-29-26/h3-6,8-15H,2,7,16-20H2,1H3,(H,28,33)(H,30,34). The van der Waals surface area contributed by atoms with Crippen molar-refractivity contribution in [3.8, 4) is 0 Å². The molecule has 0 saturated heterocycles. The van der Waals surface area contributed by atoms with E-state index in [1.165, 1.54) is 5.56 Å². The van der Waals surface area contributed by atoms with Gasteiger partial charge in [-0.05, 0) is 54.9 Å². The number of urea groups is 1. The molecule has 0 bridgehead atoms. The van der Waals surface area contributed by atoms with Crippen LogP contribution in [0.15, 0.2) is 78.0 Å². The third kappa shape index (κ3) is 6.83. The molecule has 2 aromatic carbocycles. The van der Waals surface area contributed by atoms with Crippen molar-refractivity contribution in [2.75, 3.05) is 42.1 Å². The first-order valence-corrected chi connectivity index (χ1v) is 12.9. The van der Waals surface area contributed by atoms with Crippen LogP contribution in [0, 0.1) is 0 Å². The molecule has 0 spiro atoms. The second-order valence-electron chi connectivity index (χ2n) is 8.30. The third-order valence-corrected chi connectivity index (χ3v) is 6.85. The summed E-state index contributed by atoms with van der Waals surface area (Å²) in [4.78, 5) is 33.8. The summed E-state index contributed by atoms with van der Waals surface area (Å²) in [5, 5.41) is 6.78. The molecule has 2 N–H and O–H groups in total. The van der Waals surface area contributed by atoms with Crippen molar-refractivity contribution in [3.63, 3.8) is 0 Å². The Labute approximate surface area is 210 Å². The molecule has 1 aliphatic rings. The zero-order chi connectivity index (χ0) is 24.5. The van der Waals surface area contributed by atoms with E-state index < -0.39 is 0 Å². The van der Waals surface area contributed by atoms with Gasteiger partial charge in [-0.3, -0.25) is 14.6 Å². The maximum absolute atomic E-state index is 12.8. The Balaban J connectivity index is 1.23. The number of thioether (sulfide) groups is 1. The Kier molecular flexibility index (Phi) is 8.75. The number of nitrogens with zero attached hydrogens (tertiary/aromatic N) is 3. The van der Waals surface area contributed by atoms with E-state index >= 15 is 0 Å². The maximum Gasteiger partial charge on any atom is 0.326 e. The number of carbonyl (C=O) groups is 2. The van der Waals surface area contributed by atoms with Crippen LogP contribution in [0.1, 0.15) is 29.3 Å². The van der Waals surface area contributed by atoms with Gasteiger partial charge in [0.25, 0.3) is 5.91 Å². The second-order valence-corrected chi connectivity index (χ2v) is 9.38. The Morgan fingerprint density at radius 1 is 1.06 bits per heavy atom. The summed E-state index contributed by atoms with van der Waals surface area (Å²) in [6.45, 7) is 6.19. The lowest BCUT2D eigenvalue weighted by Crippen LogP contribution is -2.38.